The van der Waals surface area contributed by atoms with Gasteiger partial charge in [0.2, 0.25) is 0 Å². The lowest BCUT2D eigenvalue weighted by atomic mass is 9.73. The lowest BCUT2D eigenvalue weighted by Crippen LogP contribution is -2.45. The van der Waals surface area contributed by atoms with Crippen LogP contribution in [0.1, 0.15) is 77.4 Å². The second kappa shape index (κ2) is 11.0. The van der Waals surface area contributed by atoms with Gasteiger partial charge in [-0.1, -0.05) is 34.1 Å². The Kier molecular flexibility index (Phi) is 8.71. The summed E-state index contributed by atoms with van der Waals surface area (Å²) in [7, 11) is 0. The van der Waals surface area contributed by atoms with Gasteiger partial charge in [0, 0.05) is 17.7 Å². The highest BCUT2D eigenvalue weighted by Gasteiger charge is 2.44. The lowest BCUT2D eigenvalue weighted by Gasteiger charge is -2.34. The maximum absolute atomic E-state index is 13.2. The number of ketones is 1. The number of carbonyl (C=O) groups is 2. The van der Waals surface area contributed by atoms with Gasteiger partial charge in [-0.05, 0) is 44.3 Å². The Balaban J connectivity index is 1.81. The number of aryl methyl sites for hydroxylation is 1. The maximum Gasteiger partial charge on any atom is 0.309 e. The minimum atomic E-state index is -1.22. The number of thiazole rings is 1. The highest BCUT2D eigenvalue weighted by molar-refractivity contribution is 7.09. The third kappa shape index (κ3) is 6.53. The summed E-state index contributed by atoms with van der Waals surface area (Å²) >= 11 is 1.56. The van der Waals surface area contributed by atoms with Crippen molar-refractivity contribution in [3.63, 3.8) is 0 Å². The van der Waals surface area contributed by atoms with Gasteiger partial charge >= 0.3 is 5.97 Å². The van der Waals surface area contributed by atoms with Crippen molar-refractivity contribution in [3.8, 4) is 0 Å². The third-order valence-corrected chi connectivity index (χ3v) is 8.20. The van der Waals surface area contributed by atoms with E-state index in [1.807, 2.05) is 32.2 Å². The van der Waals surface area contributed by atoms with Crippen LogP contribution in [0.25, 0.3) is 6.08 Å². The quantitative estimate of drug-likeness (QED) is 0.472. The van der Waals surface area contributed by atoms with Crippen LogP contribution in [0.4, 0.5) is 0 Å². The molecule has 2 aliphatic heterocycles. The second-order valence-corrected chi connectivity index (χ2v) is 11.7. The maximum atomic E-state index is 13.2. The van der Waals surface area contributed by atoms with Crippen LogP contribution in [0.3, 0.4) is 0 Å². The fraction of sp³-hybridized carbons (Fsp3) is 0.731. The molecule has 0 bridgehead atoms. The minimum Gasteiger partial charge on any atom is -0.458 e. The number of ether oxygens (including phenoxy) is 2. The first-order valence-electron chi connectivity index (χ1n) is 12.3. The zero-order valence-corrected chi connectivity index (χ0v) is 21.9. The van der Waals surface area contributed by atoms with Crippen molar-refractivity contribution in [2.45, 2.75) is 104 Å². The molecule has 2 aliphatic rings. The summed E-state index contributed by atoms with van der Waals surface area (Å²) in [6.07, 6.45) is 2.28. The number of aliphatic hydroxyl groups is 2. The van der Waals surface area contributed by atoms with Crippen LogP contribution in [0.15, 0.2) is 11.0 Å². The predicted molar refractivity (Wildman–Crippen MR) is 131 cm³/mol. The highest BCUT2D eigenvalue weighted by Crippen LogP contribution is 2.36. The first-order valence-corrected chi connectivity index (χ1v) is 13.1. The Morgan fingerprint density at radius 1 is 1.21 bits per heavy atom. The van der Waals surface area contributed by atoms with Crippen molar-refractivity contribution < 1.29 is 29.3 Å². The number of esters is 1. The molecule has 0 radical (unpaired) electrons. The van der Waals surface area contributed by atoms with E-state index in [0.29, 0.717) is 6.42 Å². The van der Waals surface area contributed by atoms with Crippen molar-refractivity contribution in [1.82, 2.24) is 4.98 Å². The van der Waals surface area contributed by atoms with Gasteiger partial charge in [0.25, 0.3) is 0 Å². The Bertz CT molecular complexity index is 909. The molecule has 0 saturated carbocycles. The second-order valence-electron chi connectivity index (χ2n) is 10.6. The summed E-state index contributed by atoms with van der Waals surface area (Å²) in [6.45, 7) is 10.8. The Hall–Kier alpha value is -1.61. The number of cyclic esters (lactones) is 1. The van der Waals surface area contributed by atoms with Crippen molar-refractivity contribution in [3.05, 3.63) is 21.7 Å². The van der Waals surface area contributed by atoms with E-state index >= 15 is 0 Å². The number of fused-ring (bicyclic) bond motifs is 1. The van der Waals surface area contributed by atoms with Crippen molar-refractivity contribution in [2.75, 3.05) is 0 Å². The third-order valence-electron chi connectivity index (χ3n) is 7.41. The summed E-state index contributed by atoms with van der Waals surface area (Å²) in [4.78, 5) is 30.5. The van der Waals surface area contributed by atoms with Crippen molar-refractivity contribution >= 4 is 29.2 Å². The molecule has 3 heterocycles. The number of Topliss-reactive ketones (excluding diaryl/α,β-unsaturated/α-hetero) is 1. The van der Waals surface area contributed by atoms with E-state index in [1.165, 1.54) is 0 Å². The molecule has 0 aliphatic carbocycles. The van der Waals surface area contributed by atoms with E-state index in [9.17, 15) is 19.8 Å². The molecular formula is C26H39NO6S. The van der Waals surface area contributed by atoms with Gasteiger partial charge in [0.1, 0.15) is 11.9 Å². The number of aromatic nitrogens is 1. The zero-order valence-electron chi connectivity index (χ0n) is 21.1. The Labute approximate surface area is 206 Å². The molecule has 1 unspecified atom stereocenters. The van der Waals surface area contributed by atoms with Gasteiger partial charge in [-0.25, -0.2) is 4.98 Å². The predicted octanol–water partition coefficient (Wildman–Crippen LogP) is 4.09. The highest BCUT2D eigenvalue weighted by atomic mass is 32.1. The summed E-state index contributed by atoms with van der Waals surface area (Å²) in [5.41, 5.74) is 0.494. The lowest BCUT2D eigenvalue weighted by molar-refractivity contribution is -0.154. The summed E-state index contributed by atoms with van der Waals surface area (Å²) in [6, 6.07) is 0. The van der Waals surface area contributed by atoms with Gasteiger partial charge in [0.05, 0.1) is 47.0 Å². The average Bonchev–Trinajstić information content (AvgIpc) is 3.38. The molecule has 7 nitrogen and oxygen atoms in total. The summed E-state index contributed by atoms with van der Waals surface area (Å²) < 4.78 is 11.7. The molecule has 0 aromatic carbocycles. The fourth-order valence-corrected chi connectivity index (χ4v) is 5.35. The zero-order chi connectivity index (χ0) is 25.2. The number of aliphatic hydroxyl groups excluding tert-OH is 2. The molecule has 3 rings (SSSR count). The van der Waals surface area contributed by atoms with Crippen LogP contribution < -0.4 is 0 Å². The molecule has 34 heavy (non-hydrogen) atoms. The molecule has 2 saturated heterocycles. The molecule has 8 heteroatoms. The van der Waals surface area contributed by atoms with Crippen LogP contribution in [0.2, 0.25) is 0 Å². The Morgan fingerprint density at radius 3 is 2.56 bits per heavy atom. The first-order chi connectivity index (χ1) is 15.9. The number of hydrogen-bond acceptors (Lipinski definition) is 8. The molecule has 2 N–H and O–H groups in total. The van der Waals surface area contributed by atoms with Crippen LogP contribution in [-0.2, 0) is 19.1 Å². The topological polar surface area (TPSA) is 109 Å². The molecular weight excluding hydrogens is 454 g/mol. The number of epoxide rings is 1. The number of hydrogen-bond donors (Lipinski definition) is 2. The van der Waals surface area contributed by atoms with E-state index in [0.717, 1.165) is 35.5 Å². The standard InChI is InChI=1S/C26H39NO6S/c1-14-8-7-9-19-21(32-19)11-20(15(2)10-18-13-34-17(4)27-18)33-23(29)12-22(28)26(5,6)25(31)16(3)24(14)30/h10,13-14,16,19-22,24,28,30H,7-9,11-12H2,1-6H3/b15-10+/t14-,16-,19+,20-,21-,22-,24?/m0/s1. The molecule has 0 spiro atoms. The Morgan fingerprint density at radius 2 is 1.91 bits per heavy atom. The molecule has 0 amide bonds. The van der Waals surface area contributed by atoms with E-state index in [1.54, 1.807) is 32.1 Å². The van der Waals surface area contributed by atoms with Crippen LogP contribution in [0.5, 0.6) is 0 Å². The SMILES string of the molecule is C/C(=C\c1csc(C)n1)[C@@H]1C[C@@H]2O[C@@H]2CCC[C@H](C)C(O)[C@H](C)C(=O)C(C)(C)[C@@H](O)CC(=O)O1. The molecule has 7 atom stereocenters. The van der Waals surface area contributed by atoms with E-state index in [2.05, 4.69) is 4.98 Å². The van der Waals surface area contributed by atoms with Gasteiger partial charge < -0.3 is 19.7 Å². The molecule has 2 fully saturated rings. The largest absolute Gasteiger partial charge is 0.458 e. The number of carbonyl (C=O) groups excluding carboxylic acids is 2. The summed E-state index contributed by atoms with van der Waals surface area (Å²) in [5, 5.41) is 24.5. The average molecular weight is 494 g/mol. The van der Waals surface area contributed by atoms with E-state index in [-0.39, 0.29) is 30.3 Å². The van der Waals surface area contributed by atoms with E-state index in [4.69, 9.17) is 9.47 Å². The first kappa shape index (κ1) is 27.0. The molecule has 1 aromatic heterocycles. The van der Waals surface area contributed by atoms with Crippen molar-refractivity contribution in [2.24, 2.45) is 17.3 Å². The smallest absolute Gasteiger partial charge is 0.309 e. The van der Waals surface area contributed by atoms with Gasteiger partial charge in [0.15, 0.2) is 0 Å². The fourth-order valence-electron chi connectivity index (χ4n) is 4.78. The van der Waals surface area contributed by atoms with Gasteiger partial charge in [-0.15, -0.1) is 11.3 Å². The van der Waals surface area contributed by atoms with Crippen LogP contribution in [0, 0.1) is 24.2 Å². The number of nitrogens with zero attached hydrogens (tertiary/aromatic N) is 1. The van der Waals surface area contributed by atoms with Crippen LogP contribution >= 0.6 is 11.3 Å². The van der Waals surface area contributed by atoms with Crippen molar-refractivity contribution in [1.29, 1.82) is 0 Å². The monoisotopic (exact) mass is 493 g/mol. The normalized spacial score (nSPS) is 36.0. The molecule has 190 valence electrons. The number of rotatable bonds is 2. The molecule has 1 aromatic rings. The minimum absolute atomic E-state index is 0.00770. The van der Waals surface area contributed by atoms with Gasteiger partial charge in [-0.3, -0.25) is 9.59 Å². The summed E-state index contributed by atoms with van der Waals surface area (Å²) in [5.74, 6) is -1.52. The van der Waals surface area contributed by atoms with E-state index < -0.39 is 35.6 Å². The van der Waals surface area contributed by atoms with Crippen LogP contribution in [-0.4, -0.2) is 57.5 Å². The van der Waals surface area contributed by atoms with Gasteiger partial charge in [-0.2, -0.15) is 0 Å².